The van der Waals surface area contributed by atoms with E-state index in [9.17, 15) is 0 Å². The predicted molar refractivity (Wildman–Crippen MR) is 66.3 cm³/mol. The molecule has 1 heterocycles. The molecule has 0 saturated heterocycles. The van der Waals surface area contributed by atoms with Crippen LogP contribution < -0.4 is 5.73 Å². The van der Waals surface area contributed by atoms with Crippen LogP contribution >= 0.6 is 11.3 Å². The maximum Gasteiger partial charge on any atom is 0.00890 e. The second-order valence-corrected chi connectivity index (χ2v) is 4.65. The highest BCUT2D eigenvalue weighted by molar-refractivity contribution is 7.09. The maximum absolute atomic E-state index is 5.55. The first kappa shape index (κ1) is 10.4. The highest BCUT2D eigenvalue weighted by Crippen LogP contribution is 2.15. The SMILES string of the molecule is NCCc1cccc(Cc2cccs2)c1. The van der Waals surface area contributed by atoms with Gasteiger partial charge < -0.3 is 5.73 Å². The Kier molecular flexibility index (Phi) is 3.54. The third-order valence-electron chi connectivity index (χ3n) is 2.38. The minimum atomic E-state index is 0.725. The number of benzene rings is 1. The lowest BCUT2D eigenvalue weighted by atomic mass is 10.1. The number of rotatable bonds is 4. The molecule has 15 heavy (non-hydrogen) atoms. The number of nitrogens with two attached hydrogens (primary N) is 1. The molecule has 0 unspecified atom stereocenters. The van der Waals surface area contributed by atoms with E-state index in [0.717, 1.165) is 19.4 Å². The van der Waals surface area contributed by atoms with E-state index in [2.05, 4.69) is 41.8 Å². The molecule has 2 aromatic rings. The van der Waals surface area contributed by atoms with Crippen molar-refractivity contribution >= 4 is 11.3 Å². The molecule has 0 bridgehead atoms. The van der Waals surface area contributed by atoms with Crippen LogP contribution in [0.4, 0.5) is 0 Å². The van der Waals surface area contributed by atoms with Crippen LogP contribution in [0.15, 0.2) is 41.8 Å². The van der Waals surface area contributed by atoms with Gasteiger partial charge in [-0.25, -0.2) is 0 Å². The van der Waals surface area contributed by atoms with Crippen LogP contribution in [0.1, 0.15) is 16.0 Å². The van der Waals surface area contributed by atoms with Gasteiger partial charge in [0, 0.05) is 11.3 Å². The van der Waals surface area contributed by atoms with Gasteiger partial charge >= 0.3 is 0 Å². The van der Waals surface area contributed by atoms with Crippen LogP contribution in [0.3, 0.4) is 0 Å². The van der Waals surface area contributed by atoms with Gasteiger partial charge in [-0.15, -0.1) is 11.3 Å². The Balaban J connectivity index is 2.11. The molecule has 1 nitrogen and oxygen atoms in total. The van der Waals surface area contributed by atoms with Gasteiger partial charge in [0.15, 0.2) is 0 Å². The molecule has 0 fully saturated rings. The molecular weight excluding hydrogens is 202 g/mol. The van der Waals surface area contributed by atoms with Gasteiger partial charge in [-0.2, -0.15) is 0 Å². The zero-order valence-electron chi connectivity index (χ0n) is 8.65. The summed E-state index contributed by atoms with van der Waals surface area (Å²) in [7, 11) is 0. The van der Waals surface area contributed by atoms with Crippen molar-refractivity contribution in [2.75, 3.05) is 6.54 Å². The number of thiophene rings is 1. The van der Waals surface area contributed by atoms with E-state index in [1.165, 1.54) is 16.0 Å². The Labute approximate surface area is 94.6 Å². The molecule has 2 heteroatoms. The third kappa shape index (κ3) is 2.91. The van der Waals surface area contributed by atoms with Crippen molar-refractivity contribution < 1.29 is 0 Å². The van der Waals surface area contributed by atoms with Gasteiger partial charge in [-0.3, -0.25) is 0 Å². The minimum Gasteiger partial charge on any atom is -0.330 e. The monoisotopic (exact) mass is 217 g/mol. The molecule has 0 aliphatic rings. The van der Waals surface area contributed by atoms with Crippen LogP contribution in [0, 0.1) is 0 Å². The standard InChI is InChI=1S/C13H15NS/c14-7-6-11-3-1-4-12(9-11)10-13-5-2-8-15-13/h1-5,8-9H,6-7,10,14H2. The molecule has 0 radical (unpaired) electrons. The maximum atomic E-state index is 5.55. The highest BCUT2D eigenvalue weighted by Gasteiger charge is 1.98. The second kappa shape index (κ2) is 5.10. The van der Waals surface area contributed by atoms with Gasteiger partial charge in [0.1, 0.15) is 0 Å². The second-order valence-electron chi connectivity index (χ2n) is 3.61. The summed E-state index contributed by atoms with van der Waals surface area (Å²) in [5.74, 6) is 0. The quantitative estimate of drug-likeness (QED) is 0.837. The van der Waals surface area contributed by atoms with Crippen LogP contribution in [0.5, 0.6) is 0 Å². The van der Waals surface area contributed by atoms with Crippen molar-refractivity contribution in [1.29, 1.82) is 0 Å². The number of hydrogen-bond acceptors (Lipinski definition) is 2. The van der Waals surface area contributed by atoms with Crippen LogP contribution in [-0.4, -0.2) is 6.54 Å². The molecule has 1 aromatic carbocycles. The van der Waals surface area contributed by atoms with Crippen molar-refractivity contribution in [3.8, 4) is 0 Å². The van der Waals surface area contributed by atoms with E-state index >= 15 is 0 Å². The fraction of sp³-hybridized carbons (Fsp3) is 0.231. The topological polar surface area (TPSA) is 26.0 Å². The first-order valence-electron chi connectivity index (χ1n) is 5.19. The summed E-state index contributed by atoms with van der Waals surface area (Å²) in [5.41, 5.74) is 8.27. The highest BCUT2D eigenvalue weighted by atomic mass is 32.1. The van der Waals surface area contributed by atoms with Gasteiger partial charge in [-0.1, -0.05) is 30.3 Å². The Morgan fingerprint density at radius 3 is 2.67 bits per heavy atom. The van der Waals surface area contributed by atoms with Gasteiger partial charge in [-0.05, 0) is 35.5 Å². The summed E-state index contributed by atoms with van der Waals surface area (Å²) in [4.78, 5) is 1.42. The Bertz CT molecular complexity index is 406. The van der Waals surface area contributed by atoms with E-state index in [-0.39, 0.29) is 0 Å². The lowest BCUT2D eigenvalue weighted by Crippen LogP contribution is -2.02. The van der Waals surface area contributed by atoms with E-state index < -0.39 is 0 Å². The van der Waals surface area contributed by atoms with E-state index in [1.807, 2.05) is 11.3 Å². The molecule has 2 N–H and O–H groups in total. The zero-order chi connectivity index (χ0) is 10.5. The molecular formula is C13H15NS. The lowest BCUT2D eigenvalue weighted by molar-refractivity contribution is 0.964. The van der Waals surface area contributed by atoms with Crippen molar-refractivity contribution in [2.45, 2.75) is 12.8 Å². The zero-order valence-corrected chi connectivity index (χ0v) is 9.46. The molecule has 1 aromatic heterocycles. The summed E-state index contributed by atoms with van der Waals surface area (Å²) in [5, 5.41) is 2.12. The fourth-order valence-corrected chi connectivity index (χ4v) is 2.42. The Morgan fingerprint density at radius 1 is 1.07 bits per heavy atom. The van der Waals surface area contributed by atoms with Gasteiger partial charge in [0.05, 0.1) is 0 Å². The molecule has 0 aliphatic heterocycles. The normalized spacial score (nSPS) is 10.5. The van der Waals surface area contributed by atoms with Gasteiger partial charge in [0.2, 0.25) is 0 Å². The molecule has 0 aliphatic carbocycles. The summed E-state index contributed by atoms with van der Waals surface area (Å²) in [6, 6.07) is 13.0. The third-order valence-corrected chi connectivity index (χ3v) is 3.26. The fourth-order valence-electron chi connectivity index (χ4n) is 1.68. The first-order valence-corrected chi connectivity index (χ1v) is 6.07. The average molecular weight is 217 g/mol. The van der Waals surface area contributed by atoms with Crippen molar-refractivity contribution in [3.05, 3.63) is 57.8 Å². The van der Waals surface area contributed by atoms with E-state index in [4.69, 9.17) is 5.73 Å². The summed E-state index contributed by atoms with van der Waals surface area (Å²) >= 11 is 1.81. The van der Waals surface area contributed by atoms with E-state index in [1.54, 1.807) is 0 Å². The van der Waals surface area contributed by atoms with E-state index in [0.29, 0.717) is 0 Å². The summed E-state index contributed by atoms with van der Waals surface area (Å²) in [6.45, 7) is 0.725. The lowest BCUT2D eigenvalue weighted by Gasteiger charge is -2.02. The Morgan fingerprint density at radius 2 is 1.93 bits per heavy atom. The first-order chi connectivity index (χ1) is 7.38. The smallest absolute Gasteiger partial charge is 0.00890 e. The summed E-state index contributed by atoms with van der Waals surface area (Å²) in [6.07, 6.45) is 2.01. The summed E-state index contributed by atoms with van der Waals surface area (Å²) < 4.78 is 0. The molecule has 0 saturated carbocycles. The van der Waals surface area contributed by atoms with Crippen LogP contribution in [0.25, 0.3) is 0 Å². The molecule has 0 atom stereocenters. The molecule has 0 amide bonds. The predicted octanol–water partition coefficient (Wildman–Crippen LogP) is 2.84. The van der Waals surface area contributed by atoms with Crippen molar-refractivity contribution in [3.63, 3.8) is 0 Å². The molecule has 0 spiro atoms. The average Bonchev–Trinajstić information content (AvgIpc) is 2.71. The van der Waals surface area contributed by atoms with Crippen molar-refractivity contribution in [2.24, 2.45) is 5.73 Å². The van der Waals surface area contributed by atoms with Crippen molar-refractivity contribution in [1.82, 2.24) is 0 Å². The number of hydrogen-bond donors (Lipinski definition) is 1. The molecule has 2 rings (SSSR count). The minimum absolute atomic E-state index is 0.725. The largest absolute Gasteiger partial charge is 0.330 e. The van der Waals surface area contributed by atoms with Crippen LogP contribution in [0.2, 0.25) is 0 Å². The van der Waals surface area contributed by atoms with Gasteiger partial charge in [0.25, 0.3) is 0 Å². The Hall–Kier alpha value is -1.12. The molecule has 78 valence electrons. The van der Waals surface area contributed by atoms with Crippen LogP contribution in [-0.2, 0) is 12.8 Å².